The monoisotopic (exact) mass is 328 g/mol. The molecule has 0 bridgehead atoms. The van der Waals surface area contributed by atoms with Gasteiger partial charge in [-0.3, -0.25) is 20.0 Å². The van der Waals surface area contributed by atoms with Crippen molar-refractivity contribution in [1.82, 2.24) is 10.2 Å². The Bertz CT molecular complexity index is 658. The van der Waals surface area contributed by atoms with Crippen LogP contribution in [0.2, 0.25) is 0 Å². The molecule has 1 aromatic carbocycles. The van der Waals surface area contributed by atoms with Crippen molar-refractivity contribution < 1.29 is 14.1 Å². The molecule has 9 heteroatoms. The molecule has 2 rings (SSSR count). The standard InChI is InChI=1S/C10H6BrFN4O3/c11-5-1-2-7(6(12)3-5)14-10(17)9-8(16(18)19)4-13-15-9/h1-4H,(H,13,15)(H,14,17). The first kappa shape index (κ1) is 13.1. The summed E-state index contributed by atoms with van der Waals surface area (Å²) in [5.74, 6) is -1.50. The van der Waals surface area contributed by atoms with Gasteiger partial charge in [-0.05, 0) is 18.2 Å². The van der Waals surface area contributed by atoms with E-state index in [1.54, 1.807) is 0 Å². The third-order valence-corrected chi connectivity index (χ3v) is 2.72. The topological polar surface area (TPSA) is 101 Å². The Morgan fingerprint density at radius 3 is 2.89 bits per heavy atom. The Kier molecular flexibility index (Phi) is 3.56. The SMILES string of the molecule is O=C(Nc1ccc(Br)cc1F)c1[nH]ncc1[N+](=O)[O-]. The Hall–Kier alpha value is -2.29. The summed E-state index contributed by atoms with van der Waals surface area (Å²) in [4.78, 5) is 21.7. The molecule has 1 aromatic heterocycles. The van der Waals surface area contributed by atoms with Crippen molar-refractivity contribution in [2.75, 3.05) is 5.32 Å². The zero-order valence-electron chi connectivity index (χ0n) is 9.18. The first-order valence-electron chi connectivity index (χ1n) is 4.93. The first-order valence-corrected chi connectivity index (χ1v) is 5.72. The lowest BCUT2D eigenvalue weighted by atomic mass is 10.3. The number of anilines is 1. The van der Waals surface area contributed by atoms with Gasteiger partial charge in [0.05, 0.1) is 10.6 Å². The molecule has 0 atom stereocenters. The van der Waals surface area contributed by atoms with E-state index in [0.717, 1.165) is 12.3 Å². The Morgan fingerprint density at radius 1 is 1.53 bits per heavy atom. The number of aromatic nitrogens is 2. The van der Waals surface area contributed by atoms with Crippen LogP contribution in [-0.4, -0.2) is 21.0 Å². The van der Waals surface area contributed by atoms with Crippen molar-refractivity contribution in [2.45, 2.75) is 0 Å². The summed E-state index contributed by atoms with van der Waals surface area (Å²) in [6.07, 6.45) is 0.910. The summed E-state index contributed by atoms with van der Waals surface area (Å²) >= 11 is 3.07. The number of nitrogens with zero attached hydrogens (tertiary/aromatic N) is 2. The van der Waals surface area contributed by atoms with Gasteiger partial charge in [-0.15, -0.1) is 0 Å². The minimum absolute atomic E-state index is 0.0860. The molecule has 2 aromatic rings. The molecule has 0 saturated carbocycles. The average molecular weight is 329 g/mol. The highest BCUT2D eigenvalue weighted by atomic mass is 79.9. The fourth-order valence-electron chi connectivity index (χ4n) is 1.36. The Labute approximate surface area is 114 Å². The van der Waals surface area contributed by atoms with Gasteiger partial charge in [0.1, 0.15) is 12.0 Å². The second-order valence-electron chi connectivity index (χ2n) is 3.47. The molecule has 0 fully saturated rings. The average Bonchev–Trinajstić information content (AvgIpc) is 2.82. The third-order valence-electron chi connectivity index (χ3n) is 2.22. The summed E-state index contributed by atoms with van der Waals surface area (Å²) in [6.45, 7) is 0. The number of benzene rings is 1. The molecule has 2 N–H and O–H groups in total. The van der Waals surface area contributed by atoms with Crippen LogP contribution in [0.3, 0.4) is 0 Å². The van der Waals surface area contributed by atoms with Gasteiger partial charge in [-0.2, -0.15) is 5.10 Å². The molecular weight excluding hydrogens is 323 g/mol. The number of halogens is 2. The number of H-pyrrole nitrogens is 1. The van der Waals surface area contributed by atoms with E-state index in [0.29, 0.717) is 4.47 Å². The number of amides is 1. The molecule has 0 aliphatic carbocycles. The zero-order chi connectivity index (χ0) is 14.0. The molecule has 1 amide bonds. The second-order valence-corrected chi connectivity index (χ2v) is 4.38. The molecule has 0 radical (unpaired) electrons. The highest BCUT2D eigenvalue weighted by molar-refractivity contribution is 9.10. The lowest BCUT2D eigenvalue weighted by Crippen LogP contribution is -2.15. The summed E-state index contributed by atoms with van der Waals surface area (Å²) < 4.78 is 14.0. The Balaban J connectivity index is 2.26. The van der Waals surface area contributed by atoms with Crippen molar-refractivity contribution in [1.29, 1.82) is 0 Å². The van der Waals surface area contributed by atoms with E-state index in [2.05, 4.69) is 31.4 Å². The molecule has 0 aliphatic heterocycles. The van der Waals surface area contributed by atoms with Gasteiger partial charge >= 0.3 is 5.69 Å². The van der Waals surface area contributed by atoms with Crippen LogP contribution in [0.15, 0.2) is 28.9 Å². The fraction of sp³-hybridized carbons (Fsp3) is 0. The quantitative estimate of drug-likeness (QED) is 0.667. The Morgan fingerprint density at radius 2 is 2.26 bits per heavy atom. The molecule has 0 spiro atoms. The lowest BCUT2D eigenvalue weighted by Gasteiger charge is -2.05. The maximum atomic E-state index is 13.5. The largest absolute Gasteiger partial charge is 0.319 e. The molecular formula is C10H6BrFN4O3. The van der Waals surface area contributed by atoms with Crippen LogP contribution in [0.4, 0.5) is 15.8 Å². The lowest BCUT2D eigenvalue weighted by molar-refractivity contribution is -0.385. The second kappa shape index (κ2) is 5.14. The zero-order valence-corrected chi connectivity index (χ0v) is 10.8. The maximum absolute atomic E-state index is 13.5. The molecule has 98 valence electrons. The van der Waals surface area contributed by atoms with Gasteiger partial charge < -0.3 is 5.32 Å². The highest BCUT2D eigenvalue weighted by Crippen LogP contribution is 2.21. The molecule has 19 heavy (non-hydrogen) atoms. The van der Waals surface area contributed by atoms with Crippen LogP contribution in [0, 0.1) is 15.9 Å². The number of carbonyl (C=O) groups excluding carboxylic acids is 1. The van der Waals surface area contributed by atoms with Crippen LogP contribution >= 0.6 is 15.9 Å². The van der Waals surface area contributed by atoms with Crippen LogP contribution in [0.25, 0.3) is 0 Å². The van der Waals surface area contributed by atoms with Crippen molar-refractivity contribution >= 4 is 33.2 Å². The van der Waals surface area contributed by atoms with Crippen molar-refractivity contribution in [3.05, 3.63) is 50.5 Å². The van der Waals surface area contributed by atoms with Crippen LogP contribution in [-0.2, 0) is 0 Å². The van der Waals surface area contributed by atoms with E-state index in [9.17, 15) is 19.3 Å². The fourth-order valence-corrected chi connectivity index (χ4v) is 1.69. The molecule has 0 saturated heterocycles. The number of rotatable bonds is 3. The van der Waals surface area contributed by atoms with Crippen molar-refractivity contribution in [3.63, 3.8) is 0 Å². The predicted octanol–water partition coefficient (Wildman–Crippen LogP) is 2.47. The van der Waals surface area contributed by atoms with Gasteiger partial charge in [0.25, 0.3) is 5.91 Å². The first-order chi connectivity index (χ1) is 8.99. The highest BCUT2D eigenvalue weighted by Gasteiger charge is 2.23. The number of aromatic amines is 1. The summed E-state index contributed by atoms with van der Waals surface area (Å²) in [6, 6.07) is 4.02. The van der Waals surface area contributed by atoms with Gasteiger partial charge in [0.2, 0.25) is 5.69 Å². The number of hydrogen-bond acceptors (Lipinski definition) is 4. The van der Waals surface area contributed by atoms with Gasteiger partial charge in [-0.25, -0.2) is 4.39 Å². The van der Waals surface area contributed by atoms with E-state index < -0.39 is 22.3 Å². The summed E-state index contributed by atoms with van der Waals surface area (Å²) in [7, 11) is 0. The van der Waals surface area contributed by atoms with Crippen molar-refractivity contribution in [3.8, 4) is 0 Å². The van der Waals surface area contributed by atoms with Gasteiger partial charge in [-0.1, -0.05) is 15.9 Å². The van der Waals surface area contributed by atoms with Crippen molar-refractivity contribution in [2.24, 2.45) is 0 Å². The minimum atomic E-state index is -0.842. The minimum Gasteiger partial charge on any atom is -0.318 e. The number of nitrogens with one attached hydrogen (secondary N) is 2. The van der Waals surface area contributed by atoms with Crippen LogP contribution < -0.4 is 5.32 Å². The van der Waals surface area contributed by atoms with Gasteiger partial charge in [0, 0.05) is 4.47 Å². The predicted molar refractivity (Wildman–Crippen MR) is 67.3 cm³/mol. The van der Waals surface area contributed by atoms with Crippen LogP contribution in [0.1, 0.15) is 10.5 Å². The van der Waals surface area contributed by atoms with Gasteiger partial charge in [0.15, 0.2) is 0 Å². The van der Waals surface area contributed by atoms with E-state index in [4.69, 9.17) is 0 Å². The van der Waals surface area contributed by atoms with E-state index >= 15 is 0 Å². The molecule has 7 nitrogen and oxygen atoms in total. The van der Waals surface area contributed by atoms with Crippen LogP contribution in [0.5, 0.6) is 0 Å². The van der Waals surface area contributed by atoms with E-state index in [1.807, 2.05) is 0 Å². The number of hydrogen-bond donors (Lipinski definition) is 2. The normalized spacial score (nSPS) is 10.2. The number of nitro groups is 1. The summed E-state index contributed by atoms with van der Waals surface area (Å²) in [5, 5.41) is 18.5. The maximum Gasteiger partial charge on any atom is 0.319 e. The smallest absolute Gasteiger partial charge is 0.318 e. The molecule has 0 aliphatic rings. The molecule has 0 unspecified atom stereocenters. The summed E-state index contributed by atoms with van der Waals surface area (Å²) in [5.41, 5.74) is -0.903. The van der Waals surface area contributed by atoms with E-state index in [1.165, 1.54) is 12.1 Å². The molecule has 1 heterocycles. The number of carbonyl (C=O) groups is 1. The third kappa shape index (κ3) is 2.76. The van der Waals surface area contributed by atoms with E-state index in [-0.39, 0.29) is 11.4 Å².